The predicted octanol–water partition coefficient (Wildman–Crippen LogP) is 4.19. The number of benzene rings is 1. The van der Waals surface area contributed by atoms with Gasteiger partial charge in [-0.15, -0.1) is 5.10 Å². The summed E-state index contributed by atoms with van der Waals surface area (Å²) in [5.41, 5.74) is 2.96. The zero-order valence-electron chi connectivity index (χ0n) is 14.0. The third-order valence-electron chi connectivity index (χ3n) is 4.14. The average molecular weight is 337 g/mol. The van der Waals surface area contributed by atoms with Crippen LogP contribution in [0.4, 0.5) is 15.9 Å². The highest BCUT2D eigenvalue weighted by Crippen LogP contribution is 2.26. The van der Waals surface area contributed by atoms with Crippen molar-refractivity contribution in [3.05, 3.63) is 59.2 Å². The second kappa shape index (κ2) is 5.70. The minimum absolute atomic E-state index is 0.264. The Bertz CT molecular complexity index is 1070. The van der Waals surface area contributed by atoms with Gasteiger partial charge in [0.2, 0.25) is 5.82 Å². The number of nitrogens with zero attached hydrogens (tertiary/aromatic N) is 4. The Morgan fingerprint density at radius 3 is 2.68 bits per heavy atom. The molecule has 4 aromatic rings. The van der Waals surface area contributed by atoms with Gasteiger partial charge in [-0.25, -0.2) is 9.37 Å². The van der Waals surface area contributed by atoms with Crippen LogP contribution in [0.5, 0.6) is 0 Å². The Hall–Kier alpha value is -3.22. The van der Waals surface area contributed by atoms with Crippen molar-refractivity contribution in [2.24, 2.45) is 0 Å². The van der Waals surface area contributed by atoms with E-state index in [4.69, 9.17) is 4.42 Å². The summed E-state index contributed by atoms with van der Waals surface area (Å²) >= 11 is 0. The highest BCUT2D eigenvalue weighted by molar-refractivity contribution is 5.64. The molecule has 4 rings (SSSR count). The first-order valence-corrected chi connectivity index (χ1v) is 7.84. The van der Waals surface area contributed by atoms with Crippen molar-refractivity contribution in [2.45, 2.75) is 20.8 Å². The van der Waals surface area contributed by atoms with Crippen LogP contribution in [0, 0.1) is 26.6 Å². The molecule has 0 bridgehead atoms. The Kier molecular flexibility index (Phi) is 3.49. The van der Waals surface area contributed by atoms with Crippen LogP contribution < -0.4 is 5.32 Å². The molecule has 1 N–H and O–H groups in total. The molecule has 0 aliphatic rings. The molecule has 0 spiro atoms. The Morgan fingerprint density at radius 1 is 1.12 bits per heavy atom. The predicted molar refractivity (Wildman–Crippen MR) is 92.4 cm³/mol. The smallest absolute Gasteiger partial charge is 0.255 e. The van der Waals surface area contributed by atoms with Crippen molar-refractivity contribution in [1.82, 2.24) is 19.6 Å². The fraction of sp³-hybridized carbons (Fsp3) is 0.167. The third-order valence-corrected chi connectivity index (χ3v) is 4.14. The molecule has 0 saturated heterocycles. The maximum Gasteiger partial charge on any atom is 0.255 e. The van der Waals surface area contributed by atoms with Crippen LogP contribution in [-0.2, 0) is 0 Å². The van der Waals surface area contributed by atoms with E-state index in [1.54, 1.807) is 35.9 Å². The van der Waals surface area contributed by atoms with Crippen molar-refractivity contribution in [2.75, 3.05) is 5.32 Å². The summed E-state index contributed by atoms with van der Waals surface area (Å²) in [7, 11) is 0. The summed E-state index contributed by atoms with van der Waals surface area (Å²) in [6.45, 7) is 5.56. The van der Waals surface area contributed by atoms with E-state index in [1.807, 2.05) is 19.9 Å². The Morgan fingerprint density at radius 2 is 1.96 bits per heavy atom. The summed E-state index contributed by atoms with van der Waals surface area (Å²) in [5.74, 6) is 1.88. The van der Waals surface area contributed by atoms with Crippen LogP contribution in [-0.4, -0.2) is 19.6 Å². The highest BCUT2D eigenvalue weighted by atomic mass is 19.1. The second-order valence-corrected chi connectivity index (χ2v) is 5.88. The van der Waals surface area contributed by atoms with Gasteiger partial charge in [-0.1, -0.05) is 6.07 Å². The van der Waals surface area contributed by atoms with E-state index in [2.05, 4.69) is 20.4 Å². The maximum atomic E-state index is 13.9. The van der Waals surface area contributed by atoms with Crippen LogP contribution in [0.3, 0.4) is 0 Å². The van der Waals surface area contributed by atoms with Gasteiger partial charge < -0.3 is 9.73 Å². The van der Waals surface area contributed by atoms with Gasteiger partial charge in [-0.2, -0.15) is 9.50 Å². The van der Waals surface area contributed by atoms with E-state index >= 15 is 0 Å². The van der Waals surface area contributed by atoms with Crippen LogP contribution in [0.1, 0.15) is 16.8 Å². The number of aromatic nitrogens is 4. The monoisotopic (exact) mass is 337 g/mol. The third kappa shape index (κ3) is 2.63. The maximum absolute atomic E-state index is 13.9. The Balaban J connectivity index is 1.86. The Labute approximate surface area is 143 Å². The summed E-state index contributed by atoms with van der Waals surface area (Å²) in [6.07, 6.45) is 1.57. The molecule has 0 unspecified atom stereocenters. The minimum atomic E-state index is -0.264. The molecule has 25 heavy (non-hydrogen) atoms. The van der Waals surface area contributed by atoms with Gasteiger partial charge in [0.15, 0.2) is 5.76 Å². The fourth-order valence-electron chi connectivity index (χ4n) is 2.55. The number of halogens is 1. The van der Waals surface area contributed by atoms with Gasteiger partial charge in [0.1, 0.15) is 11.6 Å². The lowest BCUT2D eigenvalue weighted by molar-refractivity contribution is 0.577. The summed E-state index contributed by atoms with van der Waals surface area (Å²) in [6, 6.07) is 8.58. The van der Waals surface area contributed by atoms with E-state index in [0.717, 1.165) is 11.3 Å². The quantitative estimate of drug-likeness (QED) is 0.607. The first-order chi connectivity index (χ1) is 12.0. The van der Waals surface area contributed by atoms with Crippen molar-refractivity contribution in [3.8, 4) is 11.6 Å². The standard InChI is InChI=1S/C18H16FN5O/c1-10-6-7-13(9-14(10)19)21-17-11(2)12(3)20-18-22-16(23-24(17)18)15-5-4-8-25-15/h4-9,21H,1-3H3. The zero-order chi connectivity index (χ0) is 17.6. The first kappa shape index (κ1) is 15.3. The van der Waals surface area contributed by atoms with Crippen LogP contribution in [0.2, 0.25) is 0 Å². The number of fused-ring (bicyclic) bond motifs is 1. The lowest BCUT2D eigenvalue weighted by Gasteiger charge is -2.13. The van der Waals surface area contributed by atoms with Gasteiger partial charge in [0.05, 0.1) is 6.26 Å². The molecule has 6 nitrogen and oxygen atoms in total. The molecule has 0 atom stereocenters. The zero-order valence-corrected chi connectivity index (χ0v) is 14.0. The fourth-order valence-corrected chi connectivity index (χ4v) is 2.55. The van der Waals surface area contributed by atoms with Crippen LogP contribution >= 0.6 is 0 Å². The number of rotatable bonds is 3. The topological polar surface area (TPSA) is 68.2 Å². The van der Waals surface area contributed by atoms with E-state index in [-0.39, 0.29) is 5.82 Å². The van der Waals surface area contributed by atoms with Crippen molar-refractivity contribution < 1.29 is 8.81 Å². The molecule has 0 amide bonds. The van der Waals surface area contributed by atoms with Gasteiger partial charge in [0, 0.05) is 16.9 Å². The minimum Gasteiger partial charge on any atom is -0.461 e. The number of anilines is 2. The summed E-state index contributed by atoms with van der Waals surface area (Å²) < 4.78 is 20.8. The van der Waals surface area contributed by atoms with Gasteiger partial charge in [-0.05, 0) is 50.6 Å². The number of furan rings is 1. The van der Waals surface area contributed by atoms with E-state index in [9.17, 15) is 4.39 Å². The summed E-state index contributed by atoms with van der Waals surface area (Å²) in [5, 5.41) is 7.72. The molecule has 7 heteroatoms. The van der Waals surface area contributed by atoms with E-state index < -0.39 is 0 Å². The van der Waals surface area contributed by atoms with Crippen molar-refractivity contribution in [1.29, 1.82) is 0 Å². The molecule has 0 aliphatic carbocycles. The van der Waals surface area contributed by atoms with Crippen molar-refractivity contribution in [3.63, 3.8) is 0 Å². The number of nitrogens with one attached hydrogen (secondary N) is 1. The molecule has 0 aliphatic heterocycles. The molecule has 3 heterocycles. The van der Waals surface area contributed by atoms with Gasteiger partial charge in [-0.3, -0.25) is 0 Å². The number of hydrogen-bond donors (Lipinski definition) is 1. The lowest BCUT2D eigenvalue weighted by Crippen LogP contribution is -2.06. The molecular weight excluding hydrogens is 321 g/mol. The molecule has 0 radical (unpaired) electrons. The van der Waals surface area contributed by atoms with Crippen LogP contribution in [0.25, 0.3) is 17.4 Å². The van der Waals surface area contributed by atoms with Crippen molar-refractivity contribution >= 4 is 17.3 Å². The molecule has 126 valence electrons. The number of aryl methyl sites for hydroxylation is 2. The molecule has 0 fully saturated rings. The number of hydrogen-bond acceptors (Lipinski definition) is 5. The van der Waals surface area contributed by atoms with Crippen LogP contribution in [0.15, 0.2) is 41.0 Å². The normalized spacial score (nSPS) is 11.2. The first-order valence-electron chi connectivity index (χ1n) is 7.84. The van der Waals surface area contributed by atoms with E-state index in [0.29, 0.717) is 34.4 Å². The SMILES string of the molecule is Cc1ccc(Nc2c(C)c(C)nc3nc(-c4ccco4)nn23)cc1F. The summed E-state index contributed by atoms with van der Waals surface area (Å²) in [4.78, 5) is 8.90. The van der Waals surface area contributed by atoms with Gasteiger partial charge >= 0.3 is 0 Å². The van der Waals surface area contributed by atoms with Gasteiger partial charge in [0.25, 0.3) is 5.78 Å². The molecule has 1 aromatic carbocycles. The molecule has 3 aromatic heterocycles. The largest absolute Gasteiger partial charge is 0.461 e. The molecular formula is C18H16FN5O. The van der Waals surface area contributed by atoms with E-state index in [1.165, 1.54) is 6.07 Å². The molecule has 0 saturated carbocycles. The average Bonchev–Trinajstić information content (AvgIpc) is 3.24. The second-order valence-electron chi connectivity index (χ2n) is 5.88. The lowest BCUT2D eigenvalue weighted by atomic mass is 10.2. The highest BCUT2D eigenvalue weighted by Gasteiger charge is 2.16.